The molecule has 0 aliphatic rings. The first-order valence-electron chi connectivity index (χ1n) is 10.7. The summed E-state index contributed by atoms with van der Waals surface area (Å²) < 4.78 is 0. The van der Waals surface area contributed by atoms with Crippen LogP contribution in [-0.4, -0.2) is 17.9 Å². The molecule has 166 valence electrons. The lowest BCUT2D eigenvalue weighted by molar-refractivity contribution is -0.118. The maximum Gasteiger partial charge on any atom is 0.268 e. The van der Waals surface area contributed by atoms with Gasteiger partial charge in [-0.25, -0.2) is 0 Å². The molecule has 4 nitrogen and oxygen atoms in total. The van der Waals surface area contributed by atoms with Crippen molar-refractivity contribution in [2.75, 3.05) is 0 Å². The maximum atomic E-state index is 13.2. The number of amides is 2. The monoisotopic (exact) mass is 446 g/mol. The molecule has 0 unspecified atom stereocenters. The third-order valence-electron chi connectivity index (χ3n) is 5.46. The Balaban J connectivity index is 1.75. The first-order valence-corrected chi connectivity index (χ1v) is 11.6. The number of aryl methyl sites for hydroxylation is 1. The van der Waals surface area contributed by atoms with Gasteiger partial charge in [0.15, 0.2) is 0 Å². The number of carbonyl (C=O) groups is 2. The summed E-state index contributed by atoms with van der Waals surface area (Å²) in [5, 5.41) is 7.84. The molecule has 2 aromatic carbocycles. The molecule has 0 saturated carbocycles. The highest BCUT2D eigenvalue weighted by Crippen LogP contribution is 2.28. The van der Waals surface area contributed by atoms with E-state index in [0.717, 1.165) is 16.9 Å². The fourth-order valence-corrected chi connectivity index (χ4v) is 4.47. The smallest absolute Gasteiger partial charge is 0.268 e. The summed E-state index contributed by atoms with van der Waals surface area (Å²) in [6.45, 7) is 8.22. The molecule has 1 aromatic heterocycles. The van der Waals surface area contributed by atoms with Crippen LogP contribution in [0.1, 0.15) is 53.6 Å². The minimum absolute atomic E-state index is 0.0835. The second-order valence-electron chi connectivity index (χ2n) is 8.67. The highest BCUT2D eigenvalue weighted by Gasteiger charge is 2.25. The molecule has 0 bridgehead atoms. The van der Waals surface area contributed by atoms with E-state index in [-0.39, 0.29) is 29.0 Å². The lowest BCUT2D eigenvalue weighted by Crippen LogP contribution is -2.41. The molecule has 32 heavy (non-hydrogen) atoms. The number of rotatable bonds is 8. The number of hydrogen-bond donors (Lipinski definition) is 2. The lowest BCUT2D eigenvalue weighted by atomic mass is 9.79. The fraction of sp³-hybridized carbons (Fsp3) is 0.259. The van der Waals surface area contributed by atoms with Crippen molar-refractivity contribution < 1.29 is 9.59 Å². The van der Waals surface area contributed by atoms with E-state index >= 15 is 0 Å². The Kier molecular flexibility index (Phi) is 7.65. The van der Waals surface area contributed by atoms with Crippen LogP contribution in [0.2, 0.25) is 0 Å². The predicted octanol–water partition coefficient (Wildman–Crippen LogP) is 5.70. The van der Waals surface area contributed by atoms with E-state index in [4.69, 9.17) is 0 Å². The van der Waals surface area contributed by atoms with Crippen LogP contribution in [0, 0.1) is 6.92 Å². The van der Waals surface area contributed by atoms with Crippen LogP contribution >= 0.6 is 11.3 Å². The Labute approximate surface area is 194 Å². The molecule has 0 aliphatic heterocycles. The van der Waals surface area contributed by atoms with Gasteiger partial charge in [0, 0.05) is 16.5 Å². The van der Waals surface area contributed by atoms with E-state index in [1.54, 1.807) is 12.1 Å². The number of benzene rings is 2. The Morgan fingerprint density at radius 1 is 1.00 bits per heavy atom. The van der Waals surface area contributed by atoms with Gasteiger partial charge in [-0.2, -0.15) is 0 Å². The Bertz CT molecular complexity index is 1090. The average molecular weight is 447 g/mol. The number of carbonyl (C=O) groups excluding carboxylic acids is 2. The molecule has 3 rings (SSSR count). The molecule has 2 amide bonds. The van der Waals surface area contributed by atoms with Gasteiger partial charge in [0.25, 0.3) is 11.8 Å². The summed E-state index contributed by atoms with van der Waals surface area (Å²) in [6, 6.07) is 21.4. The summed E-state index contributed by atoms with van der Waals surface area (Å²) in [5.41, 5.74) is 2.78. The normalized spacial score (nSPS) is 12.8. The molecule has 0 radical (unpaired) electrons. The topological polar surface area (TPSA) is 58.2 Å². The van der Waals surface area contributed by atoms with Crippen LogP contribution in [0.5, 0.6) is 0 Å². The van der Waals surface area contributed by atoms with Crippen LogP contribution in [0.4, 0.5) is 0 Å². The van der Waals surface area contributed by atoms with E-state index < -0.39 is 0 Å². The quantitative estimate of drug-likeness (QED) is 0.436. The van der Waals surface area contributed by atoms with Gasteiger partial charge in [0.2, 0.25) is 0 Å². The average Bonchev–Trinajstić information content (AvgIpc) is 3.27. The zero-order valence-electron chi connectivity index (χ0n) is 19.0. The molecule has 1 heterocycles. The third-order valence-corrected chi connectivity index (χ3v) is 6.28. The summed E-state index contributed by atoms with van der Waals surface area (Å²) in [7, 11) is 0. The van der Waals surface area contributed by atoms with Crippen molar-refractivity contribution in [2.45, 2.75) is 45.6 Å². The largest absolute Gasteiger partial charge is 0.348 e. The lowest BCUT2D eigenvalue weighted by Gasteiger charge is -2.29. The second kappa shape index (κ2) is 10.4. The molecule has 0 spiro atoms. The molecule has 1 atom stereocenters. The van der Waals surface area contributed by atoms with Gasteiger partial charge >= 0.3 is 0 Å². The molecule has 3 aromatic rings. The third kappa shape index (κ3) is 6.17. The van der Waals surface area contributed by atoms with E-state index in [1.165, 1.54) is 16.9 Å². The standard InChI is InChI=1S/C27H30N2O2S/c1-19-11-8-9-15-23(19)25(30)29-24(17-22-14-10-16-32-22)26(31)28-20(2)18-27(3,4)21-12-6-5-7-13-21/h5-17,20H,18H2,1-4H3,(H,28,31)(H,29,30)/b24-17-/t20-/m1/s1. The first-order chi connectivity index (χ1) is 15.3. The SMILES string of the molecule is Cc1ccccc1C(=O)N/C(=C\c1cccs1)C(=O)N[C@H](C)CC(C)(C)c1ccccc1. The molecule has 0 saturated heterocycles. The maximum absolute atomic E-state index is 13.2. The minimum atomic E-state index is -0.295. The van der Waals surface area contributed by atoms with Crippen molar-refractivity contribution in [1.82, 2.24) is 10.6 Å². The van der Waals surface area contributed by atoms with Gasteiger partial charge in [-0.05, 0) is 60.4 Å². The van der Waals surface area contributed by atoms with Gasteiger partial charge in [0.1, 0.15) is 5.70 Å². The number of thiophene rings is 1. The van der Waals surface area contributed by atoms with Crippen LogP contribution in [-0.2, 0) is 10.2 Å². The molecule has 2 N–H and O–H groups in total. The summed E-state index contributed by atoms with van der Waals surface area (Å²) in [5.74, 6) is -0.588. The van der Waals surface area contributed by atoms with Crippen molar-refractivity contribution >= 4 is 29.2 Å². The Morgan fingerprint density at radius 2 is 1.69 bits per heavy atom. The van der Waals surface area contributed by atoms with E-state index in [0.29, 0.717) is 5.56 Å². The summed E-state index contributed by atoms with van der Waals surface area (Å²) in [6.07, 6.45) is 2.49. The van der Waals surface area contributed by atoms with Crippen molar-refractivity contribution in [3.05, 3.63) is 99.4 Å². The van der Waals surface area contributed by atoms with Crippen LogP contribution in [0.15, 0.2) is 77.8 Å². The molecule has 5 heteroatoms. The molecule has 0 fully saturated rings. The fourth-order valence-electron chi connectivity index (χ4n) is 3.82. The first kappa shape index (κ1) is 23.5. The van der Waals surface area contributed by atoms with Gasteiger partial charge < -0.3 is 10.6 Å². The predicted molar refractivity (Wildman–Crippen MR) is 133 cm³/mol. The van der Waals surface area contributed by atoms with E-state index in [1.807, 2.05) is 67.8 Å². The zero-order chi connectivity index (χ0) is 23.1. The Hall–Kier alpha value is -3.18. The molecule has 0 aliphatic carbocycles. The van der Waals surface area contributed by atoms with Crippen molar-refractivity contribution in [3.8, 4) is 0 Å². The Morgan fingerprint density at radius 3 is 2.34 bits per heavy atom. The number of nitrogens with one attached hydrogen (secondary N) is 2. The highest BCUT2D eigenvalue weighted by molar-refractivity contribution is 7.10. The minimum Gasteiger partial charge on any atom is -0.348 e. The zero-order valence-corrected chi connectivity index (χ0v) is 19.8. The molecular weight excluding hydrogens is 416 g/mol. The summed E-state index contributed by atoms with van der Waals surface area (Å²) in [4.78, 5) is 26.9. The van der Waals surface area contributed by atoms with Gasteiger partial charge in [-0.1, -0.05) is 68.4 Å². The van der Waals surface area contributed by atoms with Crippen LogP contribution in [0.25, 0.3) is 6.08 Å². The highest BCUT2D eigenvalue weighted by atomic mass is 32.1. The van der Waals surface area contributed by atoms with Crippen LogP contribution < -0.4 is 10.6 Å². The van der Waals surface area contributed by atoms with Crippen molar-refractivity contribution in [1.29, 1.82) is 0 Å². The van der Waals surface area contributed by atoms with Gasteiger partial charge in [0.05, 0.1) is 0 Å². The second-order valence-corrected chi connectivity index (χ2v) is 9.65. The van der Waals surface area contributed by atoms with Crippen LogP contribution in [0.3, 0.4) is 0 Å². The van der Waals surface area contributed by atoms with Crippen molar-refractivity contribution in [3.63, 3.8) is 0 Å². The van der Waals surface area contributed by atoms with E-state index in [2.05, 4.69) is 36.6 Å². The van der Waals surface area contributed by atoms with Gasteiger partial charge in [-0.3, -0.25) is 9.59 Å². The van der Waals surface area contributed by atoms with E-state index in [9.17, 15) is 9.59 Å². The summed E-state index contributed by atoms with van der Waals surface area (Å²) >= 11 is 1.51. The molecular formula is C27H30N2O2S. The van der Waals surface area contributed by atoms with Crippen molar-refractivity contribution in [2.24, 2.45) is 0 Å². The van der Waals surface area contributed by atoms with Gasteiger partial charge in [-0.15, -0.1) is 11.3 Å². The number of hydrogen-bond acceptors (Lipinski definition) is 3.